The van der Waals surface area contributed by atoms with E-state index in [-0.39, 0.29) is 18.6 Å². The van der Waals surface area contributed by atoms with Gasteiger partial charge in [0.15, 0.2) is 5.79 Å². The monoisotopic (exact) mass is 186 g/mol. The molecule has 0 aromatic heterocycles. The lowest BCUT2D eigenvalue weighted by molar-refractivity contribution is -0.141. The molecule has 0 amide bonds. The van der Waals surface area contributed by atoms with E-state index in [1.54, 1.807) is 6.08 Å². The maximum absolute atomic E-state index is 8.60. The van der Waals surface area contributed by atoms with Crippen LogP contribution >= 0.6 is 0 Å². The van der Waals surface area contributed by atoms with Crippen LogP contribution in [-0.2, 0) is 9.47 Å². The molecule has 1 aliphatic heterocycles. The lowest BCUT2D eigenvalue weighted by atomic mass is 10.1. The number of aliphatic hydroxyl groups excluding tert-OH is 1. The molecule has 0 spiro atoms. The van der Waals surface area contributed by atoms with E-state index in [4.69, 9.17) is 14.6 Å². The first-order chi connectivity index (χ1) is 6.05. The molecule has 0 unspecified atom stereocenters. The van der Waals surface area contributed by atoms with Crippen LogP contribution in [0.5, 0.6) is 0 Å². The summed E-state index contributed by atoms with van der Waals surface area (Å²) in [6, 6.07) is 0. The van der Waals surface area contributed by atoms with Crippen LogP contribution in [0.2, 0.25) is 0 Å². The third-order valence-corrected chi connectivity index (χ3v) is 2.16. The van der Waals surface area contributed by atoms with Gasteiger partial charge in [-0.15, -0.1) is 0 Å². The average Bonchev–Trinajstić information content (AvgIpc) is 2.42. The summed E-state index contributed by atoms with van der Waals surface area (Å²) in [4.78, 5) is 0. The second kappa shape index (κ2) is 4.22. The highest BCUT2D eigenvalue weighted by atomic mass is 16.7. The molecule has 3 heteroatoms. The van der Waals surface area contributed by atoms with Gasteiger partial charge in [0, 0.05) is 5.92 Å². The third-order valence-electron chi connectivity index (χ3n) is 2.16. The SMILES string of the molecule is C[C@@H](/C=C/CO)[C@@H]1COC(C)(C)O1. The van der Waals surface area contributed by atoms with Crippen molar-refractivity contribution in [3.05, 3.63) is 12.2 Å². The first-order valence-corrected chi connectivity index (χ1v) is 4.64. The highest BCUT2D eigenvalue weighted by Crippen LogP contribution is 2.26. The predicted molar refractivity (Wildman–Crippen MR) is 50.3 cm³/mol. The van der Waals surface area contributed by atoms with Crippen molar-refractivity contribution in [2.75, 3.05) is 13.2 Å². The lowest BCUT2D eigenvalue weighted by Gasteiger charge is -2.19. The maximum Gasteiger partial charge on any atom is 0.163 e. The molecule has 1 fully saturated rings. The number of hydrogen-bond acceptors (Lipinski definition) is 3. The first kappa shape index (κ1) is 10.7. The Kier molecular flexibility index (Phi) is 3.47. The Balaban J connectivity index is 2.42. The smallest absolute Gasteiger partial charge is 0.163 e. The van der Waals surface area contributed by atoms with E-state index in [2.05, 4.69) is 6.92 Å². The molecule has 0 aliphatic carbocycles. The van der Waals surface area contributed by atoms with Gasteiger partial charge in [-0.3, -0.25) is 0 Å². The number of aliphatic hydroxyl groups is 1. The van der Waals surface area contributed by atoms with Crippen LogP contribution in [0, 0.1) is 5.92 Å². The summed E-state index contributed by atoms with van der Waals surface area (Å²) in [5, 5.41) is 8.60. The van der Waals surface area contributed by atoms with E-state index in [9.17, 15) is 0 Å². The van der Waals surface area contributed by atoms with Gasteiger partial charge >= 0.3 is 0 Å². The zero-order valence-corrected chi connectivity index (χ0v) is 8.49. The predicted octanol–water partition coefficient (Wildman–Crippen LogP) is 1.32. The van der Waals surface area contributed by atoms with Gasteiger partial charge in [0.1, 0.15) is 0 Å². The van der Waals surface area contributed by atoms with Gasteiger partial charge in [-0.05, 0) is 13.8 Å². The molecular weight excluding hydrogens is 168 g/mol. The van der Waals surface area contributed by atoms with Crippen molar-refractivity contribution >= 4 is 0 Å². The van der Waals surface area contributed by atoms with Gasteiger partial charge in [-0.2, -0.15) is 0 Å². The second-order valence-corrected chi connectivity index (χ2v) is 3.84. The lowest BCUT2D eigenvalue weighted by Crippen LogP contribution is -2.24. The molecule has 13 heavy (non-hydrogen) atoms. The molecule has 0 radical (unpaired) electrons. The molecule has 3 nitrogen and oxygen atoms in total. The minimum atomic E-state index is -0.452. The Hall–Kier alpha value is -0.380. The molecule has 0 aromatic rings. The Morgan fingerprint density at radius 1 is 1.62 bits per heavy atom. The fourth-order valence-electron chi connectivity index (χ4n) is 1.37. The van der Waals surface area contributed by atoms with Crippen LogP contribution in [0.3, 0.4) is 0 Å². The highest BCUT2D eigenvalue weighted by Gasteiger charge is 2.34. The fourth-order valence-corrected chi connectivity index (χ4v) is 1.37. The van der Waals surface area contributed by atoms with Crippen molar-refractivity contribution in [3.63, 3.8) is 0 Å². The third kappa shape index (κ3) is 3.10. The summed E-state index contributed by atoms with van der Waals surface area (Å²) in [7, 11) is 0. The average molecular weight is 186 g/mol. The highest BCUT2D eigenvalue weighted by molar-refractivity contribution is 4.91. The summed E-state index contributed by atoms with van der Waals surface area (Å²) in [5.74, 6) is -0.166. The van der Waals surface area contributed by atoms with Crippen molar-refractivity contribution in [2.45, 2.75) is 32.7 Å². The summed E-state index contributed by atoms with van der Waals surface area (Å²) in [6.45, 7) is 6.60. The topological polar surface area (TPSA) is 38.7 Å². The number of rotatable bonds is 3. The molecule has 1 aliphatic rings. The second-order valence-electron chi connectivity index (χ2n) is 3.84. The van der Waals surface area contributed by atoms with Crippen molar-refractivity contribution in [1.82, 2.24) is 0 Å². The van der Waals surface area contributed by atoms with Crippen molar-refractivity contribution in [3.8, 4) is 0 Å². The van der Waals surface area contributed by atoms with Crippen LogP contribution in [0.25, 0.3) is 0 Å². The summed E-state index contributed by atoms with van der Waals surface area (Å²) in [5.41, 5.74) is 0. The van der Waals surface area contributed by atoms with Crippen LogP contribution in [-0.4, -0.2) is 30.2 Å². The van der Waals surface area contributed by atoms with Gasteiger partial charge < -0.3 is 14.6 Å². The Morgan fingerprint density at radius 2 is 2.31 bits per heavy atom. The Labute approximate surface area is 79.3 Å². The number of hydrogen-bond donors (Lipinski definition) is 1. The zero-order chi connectivity index (χ0) is 9.90. The van der Waals surface area contributed by atoms with Gasteiger partial charge in [0.25, 0.3) is 0 Å². The van der Waals surface area contributed by atoms with E-state index < -0.39 is 5.79 Å². The van der Waals surface area contributed by atoms with Crippen LogP contribution in [0.4, 0.5) is 0 Å². The standard InChI is InChI=1S/C10H18O3/c1-8(5-4-6-11)9-7-12-10(2,3)13-9/h4-5,8-9,11H,6-7H2,1-3H3/b5-4+/t8-,9-/m0/s1. The summed E-state index contributed by atoms with van der Waals surface area (Å²) in [6.07, 6.45) is 3.80. The summed E-state index contributed by atoms with van der Waals surface area (Å²) < 4.78 is 11.1. The Morgan fingerprint density at radius 3 is 2.77 bits per heavy atom. The first-order valence-electron chi connectivity index (χ1n) is 4.64. The molecule has 0 saturated carbocycles. The van der Waals surface area contributed by atoms with Gasteiger partial charge in [-0.25, -0.2) is 0 Å². The Bertz CT molecular complexity index is 187. The van der Waals surface area contributed by atoms with Crippen LogP contribution < -0.4 is 0 Å². The molecule has 1 saturated heterocycles. The minimum Gasteiger partial charge on any atom is -0.392 e. The van der Waals surface area contributed by atoms with E-state index >= 15 is 0 Å². The molecular formula is C10H18O3. The van der Waals surface area contributed by atoms with Gasteiger partial charge in [-0.1, -0.05) is 19.1 Å². The quantitative estimate of drug-likeness (QED) is 0.676. The molecule has 0 aromatic carbocycles. The molecule has 1 rings (SSSR count). The van der Waals surface area contributed by atoms with Crippen LogP contribution in [0.15, 0.2) is 12.2 Å². The molecule has 1 heterocycles. The summed E-state index contributed by atoms with van der Waals surface area (Å²) >= 11 is 0. The largest absolute Gasteiger partial charge is 0.392 e. The zero-order valence-electron chi connectivity index (χ0n) is 8.49. The normalized spacial score (nSPS) is 29.7. The van der Waals surface area contributed by atoms with E-state index in [1.807, 2.05) is 19.9 Å². The molecule has 2 atom stereocenters. The molecule has 1 N–H and O–H groups in total. The maximum atomic E-state index is 8.60. The van der Waals surface area contributed by atoms with Gasteiger partial charge in [0.05, 0.1) is 19.3 Å². The van der Waals surface area contributed by atoms with E-state index in [0.717, 1.165) is 0 Å². The van der Waals surface area contributed by atoms with Crippen molar-refractivity contribution in [1.29, 1.82) is 0 Å². The minimum absolute atomic E-state index is 0.0846. The van der Waals surface area contributed by atoms with Crippen LogP contribution in [0.1, 0.15) is 20.8 Å². The molecule has 76 valence electrons. The van der Waals surface area contributed by atoms with E-state index in [0.29, 0.717) is 6.61 Å². The van der Waals surface area contributed by atoms with E-state index in [1.165, 1.54) is 0 Å². The molecule has 0 bridgehead atoms. The van der Waals surface area contributed by atoms with Crippen molar-refractivity contribution in [2.24, 2.45) is 5.92 Å². The van der Waals surface area contributed by atoms with Gasteiger partial charge in [0.2, 0.25) is 0 Å². The number of ether oxygens (including phenoxy) is 2. The fraction of sp³-hybridized carbons (Fsp3) is 0.800. The van der Waals surface area contributed by atoms with Crippen molar-refractivity contribution < 1.29 is 14.6 Å².